The van der Waals surface area contributed by atoms with E-state index >= 15 is 0 Å². The lowest BCUT2D eigenvalue weighted by Crippen LogP contribution is -2.48. The lowest BCUT2D eigenvalue weighted by atomic mass is 9.82. The third-order valence-electron chi connectivity index (χ3n) is 4.10. The van der Waals surface area contributed by atoms with Crippen LogP contribution in [0.15, 0.2) is 18.2 Å². The predicted molar refractivity (Wildman–Crippen MR) is 83.5 cm³/mol. The van der Waals surface area contributed by atoms with Crippen molar-refractivity contribution in [3.05, 3.63) is 34.9 Å². The number of hydrogen-bond acceptors (Lipinski definition) is 3. The Hall–Kier alpha value is -2.08. The van der Waals surface area contributed by atoms with Crippen molar-refractivity contribution in [1.29, 1.82) is 5.41 Å². The molecule has 0 spiro atoms. The number of hydrogen-bond donors (Lipinski definition) is 4. The average Bonchev–Trinajstić information content (AvgIpc) is 2.44. The van der Waals surface area contributed by atoms with E-state index in [2.05, 4.69) is 0 Å². The van der Waals surface area contributed by atoms with Crippen LogP contribution in [0.1, 0.15) is 56.3 Å². The minimum Gasteiger partial charge on any atom is -0.465 e. The zero-order valence-corrected chi connectivity index (χ0v) is 13.2. The van der Waals surface area contributed by atoms with Crippen LogP contribution in [0.25, 0.3) is 0 Å². The van der Waals surface area contributed by atoms with Crippen LogP contribution in [0.3, 0.4) is 0 Å². The van der Waals surface area contributed by atoms with Gasteiger partial charge in [-0.25, -0.2) is 4.79 Å². The average molecular weight is 305 g/mol. The summed E-state index contributed by atoms with van der Waals surface area (Å²) in [4.78, 5) is 13.3. The van der Waals surface area contributed by atoms with Crippen LogP contribution in [-0.2, 0) is 6.42 Å². The van der Waals surface area contributed by atoms with Crippen molar-refractivity contribution < 1.29 is 15.1 Å². The highest BCUT2D eigenvalue weighted by molar-refractivity contribution is 5.97. The van der Waals surface area contributed by atoms with E-state index in [0.717, 1.165) is 30.4 Å². The van der Waals surface area contributed by atoms with Gasteiger partial charge in [0.25, 0.3) is 0 Å². The zero-order valence-electron chi connectivity index (χ0n) is 13.2. The molecule has 0 unspecified atom stereocenters. The summed E-state index contributed by atoms with van der Waals surface area (Å²) in [6.45, 7) is 5.66. The molecule has 22 heavy (non-hydrogen) atoms. The van der Waals surface area contributed by atoms with Crippen LogP contribution >= 0.6 is 0 Å². The monoisotopic (exact) mass is 305 g/mol. The third kappa shape index (κ3) is 2.92. The van der Waals surface area contributed by atoms with Crippen LogP contribution in [0.5, 0.6) is 0 Å². The second kappa shape index (κ2) is 5.96. The summed E-state index contributed by atoms with van der Waals surface area (Å²) in [6.07, 6.45) is 1.46. The van der Waals surface area contributed by atoms with Gasteiger partial charge in [-0.3, -0.25) is 21.0 Å². The topological polar surface area (TPSA) is 96.7 Å². The Kier molecular flexibility index (Phi) is 4.42. The smallest absolute Gasteiger partial charge is 0.408 e. The highest BCUT2D eigenvalue weighted by atomic mass is 16.5. The van der Waals surface area contributed by atoms with E-state index in [1.165, 1.54) is 4.90 Å². The molecule has 1 aliphatic carbocycles. The first-order chi connectivity index (χ1) is 10.3. The number of benzene rings is 1. The summed E-state index contributed by atoms with van der Waals surface area (Å²) in [6, 6.07) is 5.28. The van der Waals surface area contributed by atoms with E-state index in [4.69, 9.17) is 10.6 Å². The fourth-order valence-electron chi connectivity index (χ4n) is 3.27. The molecule has 6 nitrogen and oxygen atoms in total. The lowest BCUT2D eigenvalue weighted by Gasteiger charge is -2.42. The molecule has 120 valence electrons. The fraction of sp³-hybridized carbons (Fsp3) is 0.500. The van der Waals surface area contributed by atoms with E-state index in [9.17, 15) is 9.90 Å². The Labute approximate surface area is 130 Å². The van der Waals surface area contributed by atoms with Gasteiger partial charge in [0.2, 0.25) is 0 Å². The van der Waals surface area contributed by atoms with Gasteiger partial charge in [-0.1, -0.05) is 18.2 Å². The molecular formula is C16H23N3O3. The van der Waals surface area contributed by atoms with Crippen LogP contribution in [0.2, 0.25) is 0 Å². The van der Waals surface area contributed by atoms with Crippen molar-refractivity contribution >= 4 is 11.9 Å². The molecule has 0 saturated heterocycles. The van der Waals surface area contributed by atoms with Crippen LogP contribution < -0.4 is 5.48 Å². The Morgan fingerprint density at radius 2 is 2.09 bits per heavy atom. The van der Waals surface area contributed by atoms with E-state index in [1.807, 2.05) is 32.3 Å². The number of amides is 1. The van der Waals surface area contributed by atoms with Crippen LogP contribution in [0.4, 0.5) is 4.79 Å². The summed E-state index contributed by atoms with van der Waals surface area (Å²) < 4.78 is 0. The summed E-state index contributed by atoms with van der Waals surface area (Å²) in [5.41, 5.74) is 3.88. The Morgan fingerprint density at radius 3 is 2.64 bits per heavy atom. The van der Waals surface area contributed by atoms with Gasteiger partial charge in [0.05, 0.1) is 6.04 Å². The number of fused-ring (bicyclic) bond motifs is 1. The van der Waals surface area contributed by atoms with Gasteiger partial charge >= 0.3 is 6.09 Å². The molecule has 1 aromatic rings. The highest BCUT2D eigenvalue weighted by Gasteiger charge is 2.37. The number of rotatable bonds is 2. The highest BCUT2D eigenvalue weighted by Crippen LogP contribution is 2.39. The molecule has 6 heteroatoms. The van der Waals surface area contributed by atoms with Gasteiger partial charge < -0.3 is 5.11 Å². The quantitative estimate of drug-likeness (QED) is 0.383. The second-order valence-corrected chi connectivity index (χ2v) is 6.59. The first-order valence-corrected chi connectivity index (χ1v) is 7.40. The Bertz CT molecular complexity index is 593. The molecule has 1 aliphatic rings. The van der Waals surface area contributed by atoms with Crippen molar-refractivity contribution in [3.8, 4) is 0 Å². The first kappa shape index (κ1) is 16.3. The van der Waals surface area contributed by atoms with Gasteiger partial charge in [-0.05, 0) is 51.2 Å². The standard InChI is InChI=1S/C16H23N3O3/c1-16(2,3)19(15(20)21)13-9-5-6-10-11(13)7-4-8-12(10)14(17)18-22/h4,7-8,13,22H,5-6,9H2,1-3H3,(H2,17,18)(H,20,21)/t13-/m0/s1. The van der Waals surface area contributed by atoms with Crippen LogP contribution in [0, 0.1) is 5.41 Å². The van der Waals surface area contributed by atoms with Crippen molar-refractivity contribution in [2.24, 2.45) is 0 Å². The van der Waals surface area contributed by atoms with Crippen molar-refractivity contribution in [2.45, 2.75) is 51.6 Å². The number of hydroxylamine groups is 1. The van der Waals surface area contributed by atoms with Gasteiger partial charge in [-0.15, -0.1) is 0 Å². The van der Waals surface area contributed by atoms with Gasteiger partial charge in [0.1, 0.15) is 5.84 Å². The van der Waals surface area contributed by atoms with E-state index in [0.29, 0.717) is 5.56 Å². The number of nitrogens with one attached hydrogen (secondary N) is 2. The molecule has 0 fully saturated rings. The van der Waals surface area contributed by atoms with E-state index in [-0.39, 0.29) is 11.9 Å². The van der Waals surface area contributed by atoms with E-state index < -0.39 is 11.6 Å². The molecule has 1 atom stereocenters. The second-order valence-electron chi connectivity index (χ2n) is 6.59. The van der Waals surface area contributed by atoms with E-state index in [1.54, 1.807) is 12.1 Å². The number of carbonyl (C=O) groups is 1. The largest absolute Gasteiger partial charge is 0.465 e. The normalized spacial score (nSPS) is 17.5. The molecule has 0 aromatic heterocycles. The maximum absolute atomic E-state index is 11.8. The minimum atomic E-state index is -0.939. The SMILES string of the molecule is CC(C)(C)N(C(=O)O)[C@H]1CCCc2c(C(=N)NO)cccc21. The lowest BCUT2D eigenvalue weighted by molar-refractivity contribution is 0.0637. The molecule has 2 rings (SSSR count). The number of nitrogens with zero attached hydrogens (tertiary/aromatic N) is 1. The van der Waals surface area contributed by atoms with Crippen LogP contribution in [-0.4, -0.2) is 32.7 Å². The molecule has 0 radical (unpaired) electrons. The van der Waals surface area contributed by atoms with Crippen molar-refractivity contribution in [3.63, 3.8) is 0 Å². The summed E-state index contributed by atoms with van der Waals surface area (Å²) >= 11 is 0. The molecule has 1 aromatic carbocycles. The predicted octanol–water partition coefficient (Wildman–Crippen LogP) is 3.15. The first-order valence-electron chi connectivity index (χ1n) is 7.40. The number of amidine groups is 1. The Morgan fingerprint density at radius 1 is 1.41 bits per heavy atom. The van der Waals surface area contributed by atoms with Crippen molar-refractivity contribution in [2.75, 3.05) is 0 Å². The molecular weight excluding hydrogens is 282 g/mol. The molecule has 0 bridgehead atoms. The molecule has 1 amide bonds. The minimum absolute atomic E-state index is 0.0601. The molecule has 0 heterocycles. The van der Waals surface area contributed by atoms with Gasteiger partial charge in [-0.2, -0.15) is 0 Å². The Balaban J connectivity index is 2.53. The molecule has 0 saturated carbocycles. The third-order valence-corrected chi connectivity index (χ3v) is 4.10. The number of carboxylic acid groups (broad SMARTS) is 1. The maximum Gasteiger partial charge on any atom is 0.408 e. The molecule has 0 aliphatic heterocycles. The summed E-state index contributed by atoms with van der Waals surface area (Å²) in [7, 11) is 0. The fourth-order valence-corrected chi connectivity index (χ4v) is 3.27. The van der Waals surface area contributed by atoms with Gasteiger partial charge in [0, 0.05) is 11.1 Å². The zero-order chi connectivity index (χ0) is 16.5. The molecule has 4 N–H and O–H groups in total. The summed E-state index contributed by atoms with van der Waals surface area (Å²) in [5, 5.41) is 26.5. The maximum atomic E-state index is 11.8. The van der Waals surface area contributed by atoms with Gasteiger partial charge in [0.15, 0.2) is 0 Å². The van der Waals surface area contributed by atoms with Crippen molar-refractivity contribution in [1.82, 2.24) is 10.4 Å². The summed E-state index contributed by atoms with van der Waals surface area (Å²) in [5.74, 6) is -0.0601.